The number of carboxylic acids is 1. The van der Waals surface area contributed by atoms with Crippen LogP contribution in [0.15, 0.2) is 36.5 Å². The van der Waals surface area contributed by atoms with Crippen molar-refractivity contribution in [1.29, 1.82) is 0 Å². The zero-order valence-electron chi connectivity index (χ0n) is 8.63. The second kappa shape index (κ2) is 4.28. The highest BCUT2D eigenvalue weighted by Crippen LogP contribution is 2.19. The summed E-state index contributed by atoms with van der Waals surface area (Å²) in [4.78, 5) is 14.7. The number of hydrogen-bond acceptors (Lipinski definition) is 3. The van der Waals surface area contributed by atoms with Crippen LogP contribution < -0.4 is 5.73 Å². The minimum absolute atomic E-state index is 0.0637. The summed E-state index contributed by atoms with van der Waals surface area (Å²) in [6, 6.07) is 8.86. The maximum Gasteiger partial charge on any atom is 0.305 e. The summed E-state index contributed by atoms with van der Waals surface area (Å²) >= 11 is 0. The third-order valence-electron chi connectivity index (χ3n) is 2.45. The van der Waals surface area contributed by atoms with Crippen LogP contribution in [0.1, 0.15) is 18.0 Å². The van der Waals surface area contributed by atoms with Crippen LogP contribution in [-0.4, -0.2) is 16.1 Å². The minimum atomic E-state index is -0.890. The zero-order valence-corrected chi connectivity index (χ0v) is 8.63. The third-order valence-corrected chi connectivity index (χ3v) is 2.45. The van der Waals surface area contributed by atoms with Gasteiger partial charge < -0.3 is 10.8 Å². The highest BCUT2D eigenvalue weighted by molar-refractivity contribution is 5.79. The van der Waals surface area contributed by atoms with Gasteiger partial charge in [-0.2, -0.15) is 0 Å². The van der Waals surface area contributed by atoms with E-state index < -0.39 is 12.0 Å². The highest BCUT2D eigenvalue weighted by Gasteiger charge is 2.10. The van der Waals surface area contributed by atoms with Crippen molar-refractivity contribution in [2.45, 2.75) is 12.5 Å². The lowest BCUT2D eigenvalue weighted by molar-refractivity contribution is -0.137. The molecule has 1 aromatic heterocycles. The molecule has 16 heavy (non-hydrogen) atoms. The third kappa shape index (κ3) is 2.17. The number of carboxylic acid groups (broad SMARTS) is 1. The average Bonchev–Trinajstić information content (AvgIpc) is 2.27. The summed E-state index contributed by atoms with van der Waals surface area (Å²) < 4.78 is 0. The van der Waals surface area contributed by atoms with Gasteiger partial charge in [-0.1, -0.05) is 12.1 Å². The summed E-state index contributed by atoms with van der Waals surface area (Å²) in [7, 11) is 0. The zero-order chi connectivity index (χ0) is 11.5. The van der Waals surface area contributed by atoms with Gasteiger partial charge in [0.1, 0.15) is 0 Å². The van der Waals surface area contributed by atoms with E-state index in [1.54, 1.807) is 6.20 Å². The molecule has 2 aromatic rings. The molecule has 82 valence electrons. The van der Waals surface area contributed by atoms with Crippen LogP contribution in [0.2, 0.25) is 0 Å². The molecule has 1 heterocycles. The van der Waals surface area contributed by atoms with Gasteiger partial charge in [0.15, 0.2) is 0 Å². The molecule has 0 amide bonds. The lowest BCUT2D eigenvalue weighted by Crippen LogP contribution is -2.14. The first-order valence-electron chi connectivity index (χ1n) is 4.99. The first kappa shape index (κ1) is 10.6. The Morgan fingerprint density at radius 1 is 1.44 bits per heavy atom. The van der Waals surface area contributed by atoms with Gasteiger partial charge in [0.2, 0.25) is 0 Å². The van der Waals surface area contributed by atoms with Gasteiger partial charge in [-0.15, -0.1) is 0 Å². The van der Waals surface area contributed by atoms with Gasteiger partial charge in [-0.05, 0) is 23.8 Å². The maximum atomic E-state index is 10.6. The average molecular weight is 216 g/mol. The molecule has 4 heteroatoms. The molecule has 1 atom stereocenters. The van der Waals surface area contributed by atoms with Crippen LogP contribution in [0.25, 0.3) is 10.9 Å². The largest absolute Gasteiger partial charge is 0.481 e. The van der Waals surface area contributed by atoms with Crippen LogP contribution in [0.5, 0.6) is 0 Å². The van der Waals surface area contributed by atoms with E-state index in [0.29, 0.717) is 0 Å². The van der Waals surface area contributed by atoms with E-state index in [4.69, 9.17) is 10.8 Å². The summed E-state index contributed by atoms with van der Waals surface area (Å²) in [6.07, 6.45) is 1.66. The van der Waals surface area contributed by atoms with Gasteiger partial charge in [0, 0.05) is 17.6 Å². The van der Waals surface area contributed by atoms with E-state index in [9.17, 15) is 4.79 Å². The van der Waals surface area contributed by atoms with Crippen molar-refractivity contribution in [2.24, 2.45) is 5.73 Å². The van der Waals surface area contributed by atoms with Gasteiger partial charge in [-0.3, -0.25) is 9.78 Å². The van der Waals surface area contributed by atoms with E-state index in [-0.39, 0.29) is 6.42 Å². The predicted molar refractivity (Wildman–Crippen MR) is 60.9 cm³/mol. The van der Waals surface area contributed by atoms with Crippen LogP contribution >= 0.6 is 0 Å². The van der Waals surface area contributed by atoms with Crippen LogP contribution in [0.4, 0.5) is 0 Å². The first-order valence-corrected chi connectivity index (χ1v) is 4.99. The SMILES string of the molecule is N[C@@H](CC(=O)O)c1ccc2ncccc2c1. The molecule has 0 radical (unpaired) electrons. The molecule has 0 saturated carbocycles. The Hall–Kier alpha value is -1.94. The molecule has 1 aromatic carbocycles. The molecule has 4 nitrogen and oxygen atoms in total. The maximum absolute atomic E-state index is 10.6. The van der Waals surface area contributed by atoms with Gasteiger partial charge in [0.05, 0.1) is 11.9 Å². The van der Waals surface area contributed by atoms with Gasteiger partial charge >= 0.3 is 5.97 Å². The number of benzene rings is 1. The first-order chi connectivity index (χ1) is 7.66. The molecule has 0 spiro atoms. The quantitative estimate of drug-likeness (QED) is 0.818. The molecular formula is C12H12N2O2. The van der Waals surface area contributed by atoms with Crippen LogP contribution in [0, 0.1) is 0 Å². The van der Waals surface area contributed by atoms with E-state index in [1.807, 2.05) is 30.3 Å². The smallest absolute Gasteiger partial charge is 0.305 e. The summed E-state index contributed by atoms with van der Waals surface area (Å²) in [5.74, 6) is -0.890. The molecule has 3 N–H and O–H groups in total. The molecular weight excluding hydrogens is 204 g/mol. The number of fused-ring (bicyclic) bond motifs is 1. The topological polar surface area (TPSA) is 76.2 Å². The van der Waals surface area contributed by atoms with Crippen molar-refractivity contribution in [3.8, 4) is 0 Å². The van der Waals surface area contributed by atoms with Crippen molar-refractivity contribution in [3.05, 3.63) is 42.1 Å². The number of nitrogens with two attached hydrogens (primary N) is 1. The molecule has 0 aliphatic heterocycles. The second-order valence-electron chi connectivity index (χ2n) is 3.66. The Morgan fingerprint density at radius 2 is 2.25 bits per heavy atom. The minimum Gasteiger partial charge on any atom is -0.481 e. The fourth-order valence-electron chi connectivity index (χ4n) is 1.63. The molecule has 0 bridgehead atoms. The van der Waals surface area contributed by atoms with E-state index >= 15 is 0 Å². The van der Waals surface area contributed by atoms with Crippen molar-refractivity contribution < 1.29 is 9.90 Å². The van der Waals surface area contributed by atoms with Crippen molar-refractivity contribution in [1.82, 2.24) is 4.98 Å². The standard InChI is InChI=1S/C12H12N2O2/c13-10(7-12(15)16)8-3-4-11-9(6-8)2-1-5-14-11/h1-6,10H,7,13H2,(H,15,16)/t10-/m0/s1. The second-order valence-corrected chi connectivity index (χ2v) is 3.66. The number of pyridine rings is 1. The van der Waals surface area contributed by atoms with Crippen molar-refractivity contribution in [2.75, 3.05) is 0 Å². The Bertz CT molecular complexity index is 525. The molecule has 0 fully saturated rings. The number of rotatable bonds is 3. The summed E-state index contributed by atoms with van der Waals surface area (Å²) in [6.45, 7) is 0. The summed E-state index contributed by atoms with van der Waals surface area (Å²) in [5, 5.41) is 9.64. The van der Waals surface area contributed by atoms with Crippen LogP contribution in [0.3, 0.4) is 0 Å². The van der Waals surface area contributed by atoms with Gasteiger partial charge in [0.25, 0.3) is 0 Å². The van der Waals surface area contributed by atoms with E-state index in [1.165, 1.54) is 0 Å². The molecule has 0 unspecified atom stereocenters. The summed E-state index contributed by atoms with van der Waals surface area (Å²) in [5.41, 5.74) is 7.49. The highest BCUT2D eigenvalue weighted by atomic mass is 16.4. The normalized spacial score (nSPS) is 12.6. The lowest BCUT2D eigenvalue weighted by Gasteiger charge is -2.09. The Labute approximate surface area is 92.7 Å². The van der Waals surface area contributed by atoms with Gasteiger partial charge in [-0.25, -0.2) is 0 Å². The van der Waals surface area contributed by atoms with E-state index in [0.717, 1.165) is 16.5 Å². The van der Waals surface area contributed by atoms with E-state index in [2.05, 4.69) is 4.98 Å². The monoisotopic (exact) mass is 216 g/mol. The Morgan fingerprint density at radius 3 is 3.00 bits per heavy atom. The number of aliphatic carboxylic acids is 1. The molecule has 0 saturated heterocycles. The number of nitrogens with zero attached hydrogens (tertiary/aromatic N) is 1. The predicted octanol–water partition coefficient (Wildman–Crippen LogP) is 1.71. The van der Waals surface area contributed by atoms with Crippen molar-refractivity contribution >= 4 is 16.9 Å². The fraction of sp³-hybridized carbons (Fsp3) is 0.167. The number of hydrogen-bond donors (Lipinski definition) is 2. The lowest BCUT2D eigenvalue weighted by atomic mass is 10.0. The fourth-order valence-corrected chi connectivity index (χ4v) is 1.63. The van der Waals surface area contributed by atoms with Crippen molar-refractivity contribution in [3.63, 3.8) is 0 Å². The van der Waals surface area contributed by atoms with Crippen LogP contribution in [-0.2, 0) is 4.79 Å². The molecule has 0 aliphatic carbocycles. The molecule has 0 aliphatic rings. The molecule has 2 rings (SSSR count). The Balaban J connectivity index is 2.35. The number of carbonyl (C=O) groups is 1. The Kier molecular flexibility index (Phi) is 2.83. The number of aromatic nitrogens is 1.